The summed E-state index contributed by atoms with van der Waals surface area (Å²) in [5.74, 6) is 0. The second-order valence-corrected chi connectivity index (χ2v) is 5.85. The summed E-state index contributed by atoms with van der Waals surface area (Å²) in [4.78, 5) is 4.67. The first-order valence-corrected chi connectivity index (χ1v) is 6.22. The molecule has 1 atom stereocenters. The number of rotatable bonds is 1. The Bertz CT molecular complexity index is 316. The Morgan fingerprint density at radius 2 is 2.21 bits per heavy atom. The molecule has 2 heterocycles. The minimum Gasteiger partial charge on any atom is -0.344 e. The molecular weight excluding hydrogens is 264 g/mol. The largest absolute Gasteiger partial charge is 0.344 e. The normalized spacial score (nSPS) is 24.2. The molecule has 1 aliphatic rings. The summed E-state index contributed by atoms with van der Waals surface area (Å²) in [7, 11) is 2.16. The Balaban J connectivity index is 2.06. The summed E-state index contributed by atoms with van der Waals surface area (Å²) < 4.78 is 0.860. The molecule has 0 bridgehead atoms. The second-order valence-electron chi connectivity index (χ2n) is 3.61. The minimum absolute atomic E-state index is 0.589. The topological polar surface area (TPSA) is 32.3 Å². The van der Waals surface area contributed by atoms with Gasteiger partial charge >= 0.3 is 0 Å². The summed E-state index contributed by atoms with van der Waals surface area (Å²) in [6.45, 7) is 5.42. The molecule has 1 unspecified atom stereocenters. The molecule has 0 spiro atoms. The molecule has 1 aromatic rings. The van der Waals surface area contributed by atoms with Crippen LogP contribution < -0.4 is 4.90 Å². The van der Waals surface area contributed by atoms with E-state index in [1.165, 1.54) is 0 Å². The van der Waals surface area contributed by atoms with Gasteiger partial charge in [-0.05, 0) is 29.9 Å². The quantitative estimate of drug-likeness (QED) is 0.777. The predicted molar refractivity (Wildman–Crippen MR) is 61.9 cm³/mol. The molecule has 0 saturated carbocycles. The molecule has 0 aliphatic carbocycles. The summed E-state index contributed by atoms with van der Waals surface area (Å²) in [5, 5.41) is 9.12. The highest BCUT2D eigenvalue weighted by molar-refractivity contribution is 9.11. The molecule has 2 rings (SSSR count). The number of hydrogen-bond donors (Lipinski definition) is 0. The van der Waals surface area contributed by atoms with Gasteiger partial charge in [-0.2, -0.15) is 0 Å². The van der Waals surface area contributed by atoms with Crippen LogP contribution in [-0.2, 0) is 0 Å². The number of halogens is 1. The molecule has 0 radical (unpaired) electrons. The van der Waals surface area contributed by atoms with Crippen LogP contribution in [0.5, 0.6) is 0 Å². The van der Waals surface area contributed by atoms with E-state index in [1.54, 1.807) is 11.3 Å². The third kappa shape index (κ3) is 2.07. The van der Waals surface area contributed by atoms with Gasteiger partial charge in [0.15, 0.2) is 3.92 Å². The number of anilines is 1. The Morgan fingerprint density at radius 3 is 2.79 bits per heavy atom. The van der Waals surface area contributed by atoms with Crippen molar-refractivity contribution in [2.45, 2.75) is 13.0 Å². The van der Waals surface area contributed by atoms with Crippen molar-refractivity contribution in [3.05, 3.63) is 3.92 Å². The van der Waals surface area contributed by atoms with Gasteiger partial charge in [0.2, 0.25) is 5.13 Å². The van der Waals surface area contributed by atoms with E-state index in [4.69, 9.17) is 0 Å². The van der Waals surface area contributed by atoms with Gasteiger partial charge in [0.25, 0.3) is 0 Å². The van der Waals surface area contributed by atoms with Gasteiger partial charge in [-0.25, -0.2) is 0 Å². The summed E-state index contributed by atoms with van der Waals surface area (Å²) in [6.07, 6.45) is 0. The first-order chi connectivity index (χ1) is 6.66. The highest BCUT2D eigenvalue weighted by atomic mass is 79.9. The fourth-order valence-electron chi connectivity index (χ4n) is 1.55. The average Bonchev–Trinajstić information content (AvgIpc) is 2.57. The van der Waals surface area contributed by atoms with E-state index in [-0.39, 0.29) is 0 Å². The van der Waals surface area contributed by atoms with Crippen molar-refractivity contribution >= 4 is 32.4 Å². The first-order valence-electron chi connectivity index (χ1n) is 4.61. The van der Waals surface area contributed by atoms with E-state index in [0.717, 1.165) is 28.7 Å². The standard InChI is InChI=1S/C8H13BrN4S/c1-6-5-13(4-3-12(6)2)8-11-10-7(9)14-8/h6H,3-5H2,1-2H3. The van der Waals surface area contributed by atoms with Crippen LogP contribution in [-0.4, -0.2) is 47.8 Å². The molecule has 1 aromatic heterocycles. The van der Waals surface area contributed by atoms with E-state index in [0.29, 0.717) is 6.04 Å². The van der Waals surface area contributed by atoms with Crippen molar-refractivity contribution in [3.63, 3.8) is 0 Å². The molecule has 6 heteroatoms. The van der Waals surface area contributed by atoms with Crippen LogP contribution in [0.15, 0.2) is 3.92 Å². The van der Waals surface area contributed by atoms with E-state index in [2.05, 4.69) is 49.9 Å². The molecule has 1 saturated heterocycles. The first kappa shape index (κ1) is 10.3. The number of hydrogen-bond acceptors (Lipinski definition) is 5. The zero-order valence-electron chi connectivity index (χ0n) is 8.27. The summed E-state index contributed by atoms with van der Waals surface area (Å²) in [5.41, 5.74) is 0. The lowest BCUT2D eigenvalue weighted by Gasteiger charge is -2.37. The minimum atomic E-state index is 0.589. The van der Waals surface area contributed by atoms with Crippen LogP contribution in [0.1, 0.15) is 6.92 Å². The van der Waals surface area contributed by atoms with Crippen molar-refractivity contribution in [1.82, 2.24) is 15.1 Å². The maximum Gasteiger partial charge on any atom is 0.209 e. The number of piperazine rings is 1. The maximum absolute atomic E-state index is 4.13. The van der Waals surface area contributed by atoms with Crippen molar-refractivity contribution in [2.75, 3.05) is 31.6 Å². The van der Waals surface area contributed by atoms with Crippen molar-refractivity contribution in [2.24, 2.45) is 0 Å². The van der Waals surface area contributed by atoms with Crippen molar-refractivity contribution < 1.29 is 0 Å². The highest BCUT2D eigenvalue weighted by Gasteiger charge is 2.22. The van der Waals surface area contributed by atoms with Gasteiger partial charge in [0, 0.05) is 25.7 Å². The van der Waals surface area contributed by atoms with Crippen LogP contribution in [0.25, 0.3) is 0 Å². The number of nitrogens with zero attached hydrogens (tertiary/aromatic N) is 4. The van der Waals surface area contributed by atoms with Crippen LogP contribution >= 0.6 is 27.3 Å². The Labute approximate surface area is 96.1 Å². The average molecular weight is 277 g/mol. The summed E-state index contributed by atoms with van der Waals surface area (Å²) in [6, 6.07) is 0.589. The van der Waals surface area contributed by atoms with Crippen LogP contribution in [0.3, 0.4) is 0 Å². The van der Waals surface area contributed by atoms with E-state index >= 15 is 0 Å². The van der Waals surface area contributed by atoms with E-state index < -0.39 is 0 Å². The van der Waals surface area contributed by atoms with Crippen LogP contribution in [0, 0.1) is 0 Å². The fourth-order valence-corrected chi connectivity index (χ4v) is 2.67. The molecule has 0 aromatic carbocycles. The smallest absolute Gasteiger partial charge is 0.209 e. The molecule has 78 valence electrons. The summed E-state index contributed by atoms with van der Waals surface area (Å²) >= 11 is 4.93. The molecule has 4 nitrogen and oxygen atoms in total. The monoisotopic (exact) mass is 276 g/mol. The van der Waals surface area contributed by atoms with Crippen LogP contribution in [0.2, 0.25) is 0 Å². The van der Waals surface area contributed by atoms with Gasteiger partial charge in [-0.3, -0.25) is 0 Å². The number of likely N-dealkylation sites (N-methyl/N-ethyl adjacent to an activating group) is 1. The van der Waals surface area contributed by atoms with Gasteiger partial charge in [0.05, 0.1) is 0 Å². The van der Waals surface area contributed by atoms with Crippen molar-refractivity contribution in [3.8, 4) is 0 Å². The predicted octanol–water partition coefficient (Wildman–Crippen LogP) is 1.44. The van der Waals surface area contributed by atoms with Gasteiger partial charge < -0.3 is 9.80 Å². The highest BCUT2D eigenvalue weighted by Crippen LogP contribution is 2.25. The van der Waals surface area contributed by atoms with E-state index in [9.17, 15) is 0 Å². The van der Waals surface area contributed by atoms with Crippen molar-refractivity contribution in [1.29, 1.82) is 0 Å². The number of aromatic nitrogens is 2. The van der Waals surface area contributed by atoms with Gasteiger partial charge in [-0.1, -0.05) is 11.3 Å². The third-order valence-corrected chi connectivity index (χ3v) is 4.04. The third-order valence-electron chi connectivity index (χ3n) is 2.62. The molecule has 0 amide bonds. The fraction of sp³-hybridized carbons (Fsp3) is 0.750. The lowest BCUT2D eigenvalue weighted by Crippen LogP contribution is -2.50. The zero-order valence-corrected chi connectivity index (χ0v) is 10.7. The maximum atomic E-state index is 4.13. The van der Waals surface area contributed by atoms with Crippen LogP contribution in [0.4, 0.5) is 5.13 Å². The zero-order chi connectivity index (χ0) is 10.1. The van der Waals surface area contributed by atoms with E-state index in [1.807, 2.05) is 0 Å². The molecule has 0 N–H and O–H groups in total. The lowest BCUT2D eigenvalue weighted by molar-refractivity contribution is 0.234. The van der Waals surface area contributed by atoms with Gasteiger partial charge in [0.1, 0.15) is 0 Å². The molecule has 1 aliphatic heterocycles. The molecule has 14 heavy (non-hydrogen) atoms. The SMILES string of the molecule is CC1CN(c2nnc(Br)s2)CCN1C. The lowest BCUT2D eigenvalue weighted by atomic mass is 10.2. The van der Waals surface area contributed by atoms with Gasteiger partial charge in [-0.15, -0.1) is 10.2 Å². The Morgan fingerprint density at radius 1 is 1.43 bits per heavy atom. The molecular formula is C8H13BrN4S. The molecule has 1 fully saturated rings. The Kier molecular flexibility index (Phi) is 3.04. The Hall–Kier alpha value is -0.200. The second kappa shape index (κ2) is 4.12.